The van der Waals surface area contributed by atoms with Gasteiger partial charge < -0.3 is 4.74 Å². The lowest BCUT2D eigenvalue weighted by molar-refractivity contribution is -0.149. The van der Waals surface area contributed by atoms with E-state index in [2.05, 4.69) is 20.0 Å². The van der Waals surface area contributed by atoms with Gasteiger partial charge in [0.1, 0.15) is 0 Å². The second-order valence-corrected chi connectivity index (χ2v) is 5.95. The van der Waals surface area contributed by atoms with Gasteiger partial charge in [0, 0.05) is 6.54 Å². The number of hydrogen-bond donors (Lipinski definition) is 0. The van der Waals surface area contributed by atoms with Crippen molar-refractivity contribution in [2.45, 2.75) is 26.3 Å². The average molecular weight is 328 g/mol. The molecule has 1 aromatic carbocycles. The molecule has 0 saturated carbocycles. The summed E-state index contributed by atoms with van der Waals surface area (Å²) in [5.41, 5.74) is 2.55. The minimum absolute atomic E-state index is 0.0259. The number of aromatic nitrogens is 2. The molecule has 1 fully saturated rings. The molecular formula is C17H20N4O3. The second-order valence-electron chi connectivity index (χ2n) is 5.95. The standard InChI is InChI=1S/C17H20N4O3/c1-2-24-17(22)13-5-7-21(8-6-13)11-12-3-4-14-15(9-12)18-10-16(19-14)20-23/h3-4,9-10,13H,2,5-8,11H2,1H3. The molecule has 2 heterocycles. The molecule has 0 radical (unpaired) electrons. The molecule has 0 amide bonds. The molecule has 0 bridgehead atoms. The van der Waals surface area contributed by atoms with Gasteiger partial charge in [-0.2, -0.15) is 0 Å². The van der Waals surface area contributed by atoms with Crippen molar-refractivity contribution in [2.24, 2.45) is 11.1 Å². The van der Waals surface area contributed by atoms with Crippen LogP contribution in [-0.2, 0) is 16.1 Å². The van der Waals surface area contributed by atoms with Gasteiger partial charge in [-0.15, -0.1) is 4.91 Å². The summed E-state index contributed by atoms with van der Waals surface area (Å²) in [6.45, 7) is 4.84. The molecule has 7 nitrogen and oxygen atoms in total. The van der Waals surface area contributed by atoms with Crippen LogP contribution in [0.1, 0.15) is 25.3 Å². The number of nitrogens with zero attached hydrogens (tertiary/aromatic N) is 4. The van der Waals surface area contributed by atoms with Gasteiger partial charge in [0.2, 0.25) is 5.82 Å². The fourth-order valence-corrected chi connectivity index (χ4v) is 3.03. The van der Waals surface area contributed by atoms with Gasteiger partial charge in [-0.05, 0) is 55.7 Å². The summed E-state index contributed by atoms with van der Waals surface area (Å²) in [5, 5.41) is 2.80. The highest BCUT2D eigenvalue weighted by atomic mass is 16.5. The first-order valence-electron chi connectivity index (χ1n) is 8.17. The van der Waals surface area contributed by atoms with Gasteiger partial charge in [0.15, 0.2) is 0 Å². The summed E-state index contributed by atoms with van der Waals surface area (Å²) < 4.78 is 5.10. The first kappa shape index (κ1) is 16.4. The van der Waals surface area contributed by atoms with E-state index in [9.17, 15) is 9.70 Å². The molecule has 0 aliphatic carbocycles. The van der Waals surface area contributed by atoms with Crippen LogP contribution in [0.25, 0.3) is 11.0 Å². The number of ether oxygens (including phenoxy) is 1. The fraction of sp³-hybridized carbons (Fsp3) is 0.471. The first-order chi connectivity index (χ1) is 11.7. The third kappa shape index (κ3) is 3.73. The van der Waals surface area contributed by atoms with Crippen LogP contribution in [0.3, 0.4) is 0 Å². The van der Waals surface area contributed by atoms with E-state index in [-0.39, 0.29) is 17.7 Å². The quantitative estimate of drug-likeness (QED) is 0.620. The molecule has 3 rings (SSSR count). The van der Waals surface area contributed by atoms with Crippen molar-refractivity contribution < 1.29 is 9.53 Å². The lowest BCUT2D eigenvalue weighted by atomic mass is 9.96. The van der Waals surface area contributed by atoms with Crippen molar-refractivity contribution in [2.75, 3.05) is 19.7 Å². The molecule has 1 aliphatic rings. The smallest absolute Gasteiger partial charge is 0.309 e. The number of fused-ring (bicyclic) bond motifs is 1. The van der Waals surface area contributed by atoms with Crippen LogP contribution in [0.2, 0.25) is 0 Å². The normalized spacial score (nSPS) is 16.2. The van der Waals surface area contributed by atoms with Crippen molar-refractivity contribution in [3.63, 3.8) is 0 Å². The number of rotatable bonds is 5. The van der Waals surface area contributed by atoms with E-state index in [4.69, 9.17) is 4.74 Å². The maximum Gasteiger partial charge on any atom is 0.309 e. The van der Waals surface area contributed by atoms with Gasteiger partial charge in [-0.25, -0.2) is 4.98 Å². The fourth-order valence-electron chi connectivity index (χ4n) is 3.03. The number of nitroso groups, excluding NO2 is 1. The third-order valence-electron chi connectivity index (χ3n) is 4.30. The van der Waals surface area contributed by atoms with Gasteiger partial charge in [0.05, 0.1) is 29.8 Å². The van der Waals surface area contributed by atoms with E-state index >= 15 is 0 Å². The molecule has 1 saturated heterocycles. The zero-order valence-corrected chi connectivity index (χ0v) is 13.6. The predicted molar refractivity (Wildman–Crippen MR) is 89.6 cm³/mol. The van der Waals surface area contributed by atoms with Crippen LogP contribution in [0, 0.1) is 10.8 Å². The van der Waals surface area contributed by atoms with Crippen LogP contribution in [-0.4, -0.2) is 40.5 Å². The molecule has 0 atom stereocenters. The van der Waals surface area contributed by atoms with Crippen LogP contribution >= 0.6 is 0 Å². The second kappa shape index (κ2) is 7.44. The summed E-state index contributed by atoms with van der Waals surface area (Å²) in [6.07, 6.45) is 3.05. The Morgan fingerprint density at radius 3 is 2.83 bits per heavy atom. The van der Waals surface area contributed by atoms with E-state index in [1.54, 1.807) is 0 Å². The van der Waals surface area contributed by atoms with Crippen LogP contribution < -0.4 is 0 Å². The minimum atomic E-state index is -0.0716. The Hall–Kier alpha value is -2.41. The number of likely N-dealkylation sites (tertiary alicyclic amines) is 1. The summed E-state index contributed by atoms with van der Waals surface area (Å²) in [7, 11) is 0. The first-order valence-corrected chi connectivity index (χ1v) is 8.17. The lowest BCUT2D eigenvalue weighted by Crippen LogP contribution is -2.36. The number of esters is 1. The molecule has 1 aromatic heterocycles. The molecule has 24 heavy (non-hydrogen) atoms. The number of benzene rings is 1. The van der Waals surface area contributed by atoms with Crippen LogP contribution in [0.15, 0.2) is 29.6 Å². The Morgan fingerprint density at radius 1 is 1.33 bits per heavy atom. The number of carbonyl (C=O) groups is 1. The van der Waals surface area contributed by atoms with E-state index in [1.165, 1.54) is 6.20 Å². The molecule has 0 spiro atoms. The Labute approximate surface area is 140 Å². The van der Waals surface area contributed by atoms with E-state index in [0.29, 0.717) is 12.1 Å². The molecule has 0 N–H and O–H groups in total. The van der Waals surface area contributed by atoms with Crippen molar-refractivity contribution >= 4 is 22.8 Å². The highest BCUT2D eigenvalue weighted by molar-refractivity contribution is 5.76. The molecule has 7 heteroatoms. The summed E-state index contributed by atoms with van der Waals surface area (Å²) in [4.78, 5) is 33.0. The monoisotopic (exact) mass is 328 g/mol. The maximum absolute atomic E-state index is 11.8. The Kier molecular flexibility index (Phi) is 5.10. The van der Waals surface area contributed by atoms with Crippen molar-refractivity contribution in [3.8, 4) is 0 Å². The third-order valence-corrected chi connectivity index (χ3v) is 4.30. The molecule has 1 aliphatic heterocycles. The predicted octanol–water partition coefficient (Wildman–Crippen LogP) is 2.80. The number of hydrogen-bond acceptors (Lipinski definition) is 7. The lowest BCUT2D eigenvalue weighted by Gasteiger charge is -2.30. The van der Waals surface area contributed by atoms with E-state index < -0.39 is 0 Å². The SMILES string of the molecule is CCOC(=O)C1CCN(Cc2ccc3nc(N=O)cnc3c2)CC1. The molecule has 2 aromatic rings. The minimum Gasteiger partial charge on any atom is -0.466 e. The van der Waals surface area contributed by atoms with E-state index in [1.807, 2.05) is 25.1 Å². The van der Waals surface area contributed by atoms with Crippen molar-refractivity contribution in [1.82, 2.24) is 14.9 Å². The molecule has 0 unspecified atom stereocenters. The Balaban J connectivity index is 1.62. The summed E-state index contributed by atoms with van der Waals surface area (Å²) in [5.74, 6) is 0.0481. The largest absolute Gasteiger partial charge is 0.466 e. The van der Waals surface area contributed by atoms with Crippen LogP contribution in [0.5, 0.6) is 0 Å². The van der Waals surface area contributed by atoms with E-state index in [0.717, 1.165) is 43.6 Å². The van der Waals surface area contributed by atoms with Gasteiger partial charge in [-0.1, -0.05) is 6.07 Å². The summed E-state index contributed by atoms with van der Waals surface area (Å²) in [6, 6.07) is 5.83. The molecular weight excluding hydrogens is 308 g/mol. The highest BCUT2D eigenvalue weighted by Crippen LogP contribution is 2.22. The van der Waals surface area contributed by atoms with Crippen LogP contribution in [0.4, 0.5) is 5.82 Å². The van der Waals surface area contributed by atoms with Crippen molar-refractivity contribution in [3.05, 3.63) is 34.9 Å². The topological polar surface area (TPSA) is 84.8 Å². The highest BCUT2D eigenvalue weighted by Gasteiger charge is 2.25. The van der Waals surface area contributed by atoms with Gasteiger partial charge in [-0.3, -0.25) is 14.7 Å². The Bertz CT molecular complexity index is 742. The average Bonchev–Trinajstić information content (AvgIpc) is 2.62. The summed E-state index contributed by atoms with van der Waals surface area (Å²) >= 11 is 0. The molecule has 126 valence electrons. The zero-order valence-electron chi connectivity index (χ0n) is 13.6. The van der Waals surface area contributed by atoms with Gasteiger partial charge in [0.25, 0.3) is 0 Å². The van der Waals surface area contributed by atoms with Crippen molar-refractivity contribution in [1.29, 1.82) is 0 Å². The Morgan fingerprint density at radius 2 is 2.12 bits per heavy atom. The zero-order chi connectivity index (χ0) is 16.9. The number of carbonyl (C=O) groups excluding carboxylic acids is 1. The van der Waals surface area contributed by atoms with Gasteiger partial charge >= 0.3 is 5.97 Å². The maximum atomic E-state index is 11.8. The number of piperidine rings is 1.